The number of aliphatic carboxylic acids is 1. The first-order chi connectivity index (χ1) is 9.42. The van der Waals surface area contributed by atoms with Crippen molar-refractivity contribution < 1.29 is 28.2 Å². The highest BCUT2D eigenvalue weighted by Gasteiger charge is 2.13. The van der Waals surface area contributed by atoms with Crippen LogP contribution in [-0.4, -0.2) is 30.8 Å². The van der Waals surface area contributed by atoms with Gasteiger partial charge >= 0.3 is 12.6 Å². The fourth-order valence-corrected chi connectivity index (χ4v) is 1.75. The standard InChI is InChI=1S/C13H17F2NO4/c1-19-10-4-2-8(7-11(10)20-13(14)15)6-9(16)3-5-12(17)18/h2,4,7,9,13H,3,5-6,16H2,1H3,(H,17,18). The average molecular weight is 289 g/mol. The predicted octanol–water partition coefficient (Wildman–Crippen LogP) is 2.03. The van der Waals surface area contributed by atoms with Gasteiger partial charge in [-0.05, 0) is 30.5 Å². The highest BCUT2D eigenvalue weighted by Crippen LogP contribution is 2.29. The van der Waals surface area contributed by atoms with E-state index in [0.29, 0.717) is 18.4 Å². The molecule has 0 saturated heterocycles. The summed E-state index contributed by atoms with van der Waals surface area (Å²) in [4.78, 5) is 10.4. The zero-order valence-electron chi connectivity index (χ0n) is 11.0. The first kappa shape index (κ1) is 16.2. The summed E-state index contributed by atoms with van der Waals surface area (Å²) in [5.74, 6) is -0.782. The summed E-state index contributed by atoms with van der Waals surface area (Å²) in [7, 11) is 1.35. The normalized spacial score (nSPS) is 12.2. The lowest BCUT2D eigenvalue weighted by atomic mass is 10.0. The molecule has 5 nitrogen and oxygen atoms in total. The van der Waals surface area contributed by atoms with E-state index in [-0.39, 0.29) is 24.0 Å². The van der Waals surface area contributed by atoms with Gasteiger partial charge in [0.1, 0.15) is 0 Å². The molecule has 0 aliphatic heterocycles. The quantitative estimate of drug-likeness (QED) is 0.765. The number of ether oxygens (including phenoxy) is 2. The second kappa shape index (κ2) is 7.64. The van der Waals surface area contributed by atoms with Crippen molar-refractivity contribution in [2.45, 2.75) is 31.9 Å². The van der Waals surface area contributed by atoms with Gasteiger partial charge in [0, 0.05) is 12.5 Å². The van der Waals surface area contributed by atoms with E-state index in [1.165, 1.54) is 19.2 Å². The van der Waals surface area contributed by atoms with Crippen LogP contribution in [0.5, 0.6) is 11.5 Å². The minimum absolute atomic E-state index is 0.0300. The molecule has 0 aliphatic carbocycles. The van der Waals surface area contributed by atoms with Crippen LogP contribution in [0.3, 0.4) is 0 Å². The zero-order chi connectivity index (χ0) is 15.1. The van der Waals surface area contributed by atoms with Crippen molar-refractivity contribution in [1.82, 2.24) is 0 Å². The molecular weight excluding hydrogens is 272 g/mol. The molecule has 0 aromatic heterocycles. The summed E-state index contributed by atoms with van der Waals surface area (Å²) in [5.41, 5.74) is 6.47. The smallest absolute Gasteiger partial charge is 0.387 e. The summed E-state index contributed by atoms with van der Waals surface area (Å²) in [5, 5.41) is 8.56. The number of methoxy groups -OCH3 is 1. The Labute approximate surface area is 115 Å². The van der Waals surface area contributed by atoms with Crippen LogP contribution in [0.15, 0.2) is 18.2 Å². The Kier molecular flexibility index (Phi) is 6.17. The number of carbonyl (C=O) groups is 1. The van der Waals surface area contributed by atoms with Gasteiger partial charge in [0.2, 0.25) is 0 Å². The highest BCUT2D eigenvalue weighted by atomic mass is 19.3. The number of nitrogens with two attached hydrogens (primary N) is 1. The predicted molar refractivity (Wildman–Crippen MR) is 68.2 cm³/mol. The van der Waals surface area contributed by atoms with E-state index in [2.05, 4.69) is 4.74 Å². The number of carboxylic acids is 1. The Balaban J connectivity index is 2.73. The molecule has 0 spiro atoms. The van der Waals surface area contributed by atoms with Gasteiger partial charge in [0.05, 0.1) is 7.11 Å². The molecule has 112 valence electrons. The van der Waals surface area contributed by atoms with Crippen LogP contribution in [0, 0.1) is 0 Å². The van der Waals surface area contributed by atoms with Crippen molar-refractivity contribution in [3.8, 4) is 11.5 Å². The molecule has 1 unspecified atom stereocenters. The van der Waals surface area contributed by atoms with Crippen molar-refractivity contribution in [2.75, 3.05) is 7.11 Å². The van der Waals surface area contributed by atoms with Crippen LogP contribution in [-0.2, 0) is 11.2 Å². The van der Waals surface area contributed by atoms with E-state index in [4.69, 9.17) is 15.6 Å². The van der Waals surface area contributed by atoms with Crippen molar-refractivity contribution >= 4 is 5.97 Å². The summed E-state index contributed by atoms with van der Waals surface area (Å²) in [6.45, 7) is -2.94. The molecule has 0 aliphatic rings. The molecular formula is C13H17F2NO4. The van der Waals surface area contributed by atoms with Crippen molar-refractivity contribution in [3.63, 3.8) is 0 Å². The summed E-state index contributed by atoms with van der Waals surface area (Å²) in [6.07, 6.45) is 0.654. The number of alkyl halides is 2. The lowest BCUT2D eigenvalue weighted by Crippen LogP contribution is -2.23. The molecule has 0 bridgehead atoms. The number of rotatable bonds is 8. The maximum Gasteiger partial charge on any atom is 0.387 e. The number of hydrogen-bond acceptors (Lipinski definition) is 4. The van der Waals surface area contributed by atoms with Crippen LogP contribution >= 0.6 is 0 Å². The summed E-state index contributed by atoms with van der Waals surface area (Å²) < 4.78 is 33.8. The fraction of sp³-hybridized carbons (Fsp3) is 0.462. The largest absolute Gasteiger partial charge is 0.493 e. The number of benzene rings is 1. The Hall–Kier alpha value is -1.89. The van der Waals surface area contributed by atoms with Gasteiger partial charge in [-0.2, -0.15) is 8.78 Å². The number of hydrogen-bond donors (Lipinski definition) is 2. The Morgan fingerprint density at radius 3 is 2.65 bits per heavy atom. The Morgan fingerprint density at radius 1 is 1.40 bits per heavy atom. The molecule has 1 rings (SSSR count). The lowest BCUT2D eigenvalue weighted by Gasteiger charge is -2.14. The molecule has 0 fully saturated rings. The molecule has 1 aromatic carbocycles. The van der Waals surface area contributed by atoms with E-state index in [0.717, 1.165) is 0 Å². The maximum absolute atomic E-state index is 12.3. The second-order valence-electron chi connectivity index (χ2n) is 4.26. The molecule has 7 heteroatoms. The van der Waals surface area contributed by atoms with Crippen molar-refractivity contribution in [1.29, 1.82) is 0 Å². The van der Waals surface area contributed by atoms with Crippen LogP contribution in [0.1, 0.15) is 18.4 Å². The molecule has 0 radical (unpaired) electrons. The van der Waals surface area contributed by atoms with Gasteiger partial charge in [-0.1, -0.05) is 6.07 Å². The van der Waals surface area contributed by atoms with E-state index in [9.17, 15) is 13.6 Å². The monoisotopic (exact) mass is 289 g/mol. The minimum atomic E-state index is -2.94. The topological polar surface area (TPSA) is 81.8 Å². The molecule has 20 heavy (non-hydrogen) atoms. The summed E-state index contributed by atoms with van der Waals surface area (Å²) in [6, 6.07) is 4.25. The molecule has 1 aromatic rings. The lowest BCUT2D eigenvalue weighted by molar-refractivity contribution is -0.137. The molecule has 3 N–H and O–H groups in total. The minimum Gasteiger partial charge on any atom is -0.493 e. The third-order valence-electron chi connectivity index (χ3n) is 2.67. The van der Waals surface area contributed by atoms with Crippen molar-refractivity contribution in [2.24, 2.45) is 5.73 Å². The van der Waals surface area contributed by atoms with Gasteiger partial charge in [0.15, 0.2) is 11.5 Å². The zero-order valence-corrected chi connectivity index (χ0v) is 11.0. The SMILES string of the molecule is COc1ccc(CC(N)CCC(=O)O)cc1OC(F)F. The third kappa shape index (κ3) is 5.40. The Bertz CT molecular complexity index is 454. The number of halogens is 2. The van der Waals surface area contributed by atoms with Gasteiger partial charge in [-0.3, -0.25) is 4.79 Å². The van der Waals surface area contributed by atoms with E-state index in [1.807, 2.05) is 0 Å². The summed E-state index contributed by atoms with van der Waals surface area (Å²) >= 11 is 0. The highest BCUT2D eigenvalue weighted by molar-refractivity contribution is 5.66. The molecule has 0 saturated carbocycles. The fourth-order valence-electron chi connectivity index (χ4n) is 1.75. The van der Waals surface area contributed by atoms with Gasteiger partial charge in [-0.25, -0.2) is 0 Å². The van der Waals surface area contributed by atoms with Gasteiger partial charge in [-0.15, -0.1) is 0 Å². The van der Waals surface area contributed by atoms with Crippen LogP contribution < -0.4 is 15.2 Å². The van der Waals surface area contributed by atoms with E-state index in [1.54, 1.807) is 6.07 Å². The molecule has 1 atom stereocenters. The maximum atomic E-state index is 12.3. The third-order valence-corrected chi connectivity index (χ3v) is 2.67. The van der Waals surface area contributed by atoms with Crippen LogP contribution in [0.2, 0.25) is 0 Å². The van der Waals surface area contributed by atoms with E-state index >= 15 is 0 Å². The average Bonchev–Trinajstić information content (AvgIpc) is 2.36. The Morgan fingerprint density at radius 2 is 2.10 bits per heavy atom. The van der Waals surface area contributed by atoms with Gasteiger partial charge in [0.25, 0.3) is 0 Å². The number of carboxylic acid groups (broad SMARTS) is 1. The first-order valence-electron chi connectivity index (χ1n) is 6.01. The first-order valence-corrected chi connectivity index (χ1v) is 6.01. The molecule has 0 amide bonds. The van der Waals surface area contributed by atoms with Gasteiger partial charge < -0.3 is 20.3 Å². The van der Waals surface area contributed by atoms with Crippen LogP contribution in [0.25, 0.3) is 0 Å². The van der Waals surface area contributed by atoms with E-state index < -0.39 is 12.6 Å². The second-order valence-corrected chi connectivity index (χ2v) is 4.26. The van der Waals surface area contributed by atoms with Crippen molar-refractivity contribution in [3.05, 3.63) is 23.8 Å². The van der Waals surface area contributed by atoms with Crippen LogP contribution in [0.4, 0.5) is 8.78 Å². The molecule has 0 heterocycles.